The van der Waals surface area contributed by atoms with Crippen LogP contribution in [0.1, 0.15) is 42.5 Å². The normalized spacial score (nSPS) is 11.0. The number of nitrogens with one attached hydrogen (secondary N) is 1. The number of amides is 2. The predicted molar refractivity (Wildman–Crippen MR) is 94.0 cm³/mol. The van der Waals surface area contributed by atoms with Gasteiger partial charge in [0.05, 0.1) is 12.8 Å². The van der Waals surface area contributed by atoms with Crippen LogP contribution >= 0.6 is 0 Å². The van der Waals surface area contributed by atoms with Gasteiger partial charge in [-0.1, -0.05) is 12.1 Å². The molecule has 1 N–H and O–H groups in total. The minimum absolute atomic E-state index is 0.0944. The fraction of sp³-hybridized carbons (Fsp3) is 0.368. The van der Waals surface area contributed by atoms with Gasteiger partial charge in [0, 0.05) is 19.2 Å². The van der Waals surface area contributed by atoms with E-state index in [0.717, 1.165) is 11.3 Å². The fourth-order valence-electron chi connectivity index (χ4n) is 2.18. The second-order valence-electron chi connectivity index (χ2n) is 6.79. The summed E-state index contributed by atoms with van der Waals surface area (Å²) in [6, 6.07) is 10.7. The van der Waals surface area contributed by atoms with Gasteiger partial charge in [-0.2, -0.15) is 0 Å². The number of nitrogens with zero attached hydrogens (tertiary/aromatic N) is 1. The van der Waals surface area contributed by atoms with E-state index in [1.165, 1.54) is 0 Å². The first-order valence-corrected chi connectivity index (χ1v) is 8.08. The lowest BCUT2D eigenvalue weighted by Gasteiger charge is -2.19. The average molecular weight is 344 g/mol. The number of ether oxygens (including phenoxy) is 1. The molecule has 0 saturated carbocycles. The molecule has 25 heavy (non-hydrogen) atoms. The molecule has 1 aromatic carbocycles. The lowest BCUT2D eigenvalue weighted by Crippen LogP contribution is -2.32. The summed E-state index contributed by atoms with van der Waals surface area (Å²) in [6.45, 7) is 6.18. The third-order valence-corrected chi connectivity index (χ3v) is 3.36. The van der Waals surface area contributed by atoms with Gasteiger partial charge >= 0.3 is 6.09 Å². The molecule has 0 aliphatic heterocycles. The van der Waals surface area contributed by atoms with Crippen LogP contribution in [0.4, 0.5) is 4.79 Å². The van der Waals surface area contributed by atoms with Crippen LogP contribution in [0.2, 0.25) is 0 Å². The van der Waals surface area contributed by atoms with Gasteiger partial charge in [-0.15, -0.1) is 0 Å². The minimum atomic E-state index is -0.529. The van der Waals surface area contributed by atoms with E-state index in [-0.39, 0.29) is 5.91 Å². The van der Waals surface area contributed by atoms with Crippen molar-refractivity contribution in [2.75, 3.05) is 7.05 Å². The molecule has 2 aromatic rings. The number of carbonyl (C=O) groups excluding carboxylic acids is 2. The van der Waals surface area contributed by atoms with Crippen LogP contribution in [0, 0.1) is 0 Å². The molecule has 0 aliphatic rings. The van der Waals surface area contributed by atoms with Gasteiger partial charge in [-0.3, -0.25) is 4.79 Å². The molecule has 0 saturated heterocycles. The Kier molecular flexibility index (Phi) is 5.85. The van der Waals surface area contributed by atoms with Crippen molar-refractivity contribution in [2.45, 2.75) is 39.5 Å². The Labute approximate surface area is 147 Å². The lowest BCUT2D eigenvalue weighted by molar-refractivity contribution is 0.0523. The molecule has 0 unspecified atom stereocenters. The first-order chi connectivity index (χ1) is 11.7. The summed E-state index contributed by atoms with van der Waals surface area (Å²) in [6.07, 6.45) is 1.12. The van der Waals surface area contributed by atoms with Crippen molar-refractivity contribution >= 4 is 12.0 Å². The zero-order chi connectivity index (χ0) is 18.4. The Balaban J connectivity index is 1.88. The lowest BCUT2D eigenvalue weighted by atomic mass is 10.1. The molecular formula is C19H24N2O4. The van der Waals surface area contributed by atoms with E-state index in [4.69, 9.17) is 9.15 Å². The van der Waals surface area contributed by atoms with Gasteiger partial charge in [0.2, 0.25) is 0 Å². The molecule has 6 nitrogen and oxygen atoms in total. The summed E-state index contributed by atoms with van der Waals surface area (Å²) in [5, 5.41) is 2.69. The molecule has 2 amide bonds. The maximum absolute atomic E-state index is 12.4. The van der Waals surface area contributed by atoms with Crippen molar-refractivity contribution in [2.24, 2.45) is 0 Å². The van der Waals surface area contributed by atoms with E-state index in [0.29, 0.717) is 18.7 Å². The van der Waals surface area contributed by atoms with Crippen molar-refractivity contribution < 1.29 is 18.7 Å². The van der Waals surface area contributed by atoms with Crippen molar-refractivity contribution in [3.05, 3.63) is 59.5 Å². The summed E-state index contributed by atoms with van der Waals surface area (Å²) in [4.78, 5) is 25.6. The van der Waals surface area contributed by atoms with Gasteiger partial charge in [0.15, 0.2) is 0 Å². The number of hydrogen-bond donors (Lipinski definition) is 1. The molecular weight excluding hydrogens is 320 g/mol. The van der Waals surface area contributed by atoms with Gasteiger partial charge in [-0.25, -0.2) is 4.79 Å². The van der Waals surface area contributed by atoms with Crippen LogP contribution in [0.15, 0.2) is 47.1 Å². The Morgan fingerprint density at radius 1 is 1.16 bits per heavy atom. The van der Waals surface area contributed by atoms with Gasteiger partial charge in [-0.05, 0) is 50.6 Å². The molecule has 134 valence electrons. The van der Waals surface area contributed by atoms with Gasteiger partial charge in [0.1, 0.15) is 11.4 Å². The monoisotopic (exact) mass is 344 g/mol. The van der Waals surface area contributed by atoms with Crippen LogP contribution in [0.5, 0.6) is 0 Å². The third kappa shape index (κ3) is 5.99. The highest BCUT2D eigenvalue weighted by Crippen LogP contribution is 2.11. The van der Waals surface area contributed by atoms with E-state index >= 15 is 0 Å². The largest absolute Gasteiger partial charge is 0.467 e. The van der Waals surface area contributed by atoms with E-state index in [9.17, 15) is 9.59 Å². The molecule has 1 aromatic heterocycles. The molecule has 0 radical (unpaired) electrons. The van der Waals surface area contributed by atoms with Crippen LogP contribution in [-0.4, -0.2) is 29.5 Å². The summed E-state index contributed by atoms with van der Waals surface area (Å²) in [7, 11) is 1.73. The summed E-state index contributed by atoms with van der Waals surface area (Å²) in [5.41, 5.74) is 0.935. The van der Waals surface area contributed by atoms with E-state index in [1.807, 2.05) is 39.0 Å². The molecule has 0 spiro atoms. The van der Waals surface area contributed by atoms with Gasteiger partial charge < -0.3 is 19.4 Å². The zero-order valence-electron chi connectivity index (χ0n) is 15.0. The summed E-state index contributed by atoms with van der Waals surface area (Å²) >= 11 is 0. The zero-order valence-corrected chi connectivity index (χ0v) is 15.0. The van der Waals surface area contributed by atoms with Crippen molar-refractivity contribution in [3.8, 4) is 0 Å². The summed E-state index contributed by atoms with van der Waals surface area (Å²) in [5.74, 6) is 0.636. The highest BCUT2D eigenvalue weighted by Gasteiger charge is 2.16. The van der Waals surface area contributed by atoms with Crippen LogP contribution in [0.3, 0.4) is 0 Å². The fourth-order valence-corrected chi connectivity index (χ4v) is 2.18. The van der Waals surface area contributed by atoms with E-state index in [1.54, 1.807) is 36.4 Å². The maximum Gasteiger partial charge on any atom is 0.407 e. The smallest absolute Gasteiger partial charge is 0.407 e. The first-order valence-electron chi connectivity index (χ1n) is 8.08. The summed E-state index contributed by atoms with van der Waals surface area (Å²) < 4.78 is 10.4. The quantitative estimate of drug-likeness (QED) is 0.900. The number of furan rings is 1. The van der Waals surface area contributed by atoms with E-state index < -0.39 is 11.7 Å². The standard InChI is InChI=1S/C19H24N2O4/c1-19(2,3)25-18(23)20-12-14-7-9-15(10-8-14)17(22)21(4)13-16-6-5-11-24-16/h5-11H,12-13H2,1-4H3,(H,20,23). The van der Waals surface area contributed by atoms with Gasteiger partial charge in [0.25, 0.3) is 5.91 Å². The Morgan fingerprint density at radius 2 is 1.84 bits per heavy atom. The molecule has 0 aliphatic carbocycles. The Bertz CT molecular complexity index is 700. The molecule has 0 atom stereocenters. The van der Waals surface area contributed by atoms with Crippen molar-refractivity contribution in [1.82, 2.24) is 10.2 Å². The van der Waals surface area contributed by atoms with Crippen molar-refractivity contribution in [3.63, 3.8) is 0 Å². The number of carbonyl (C=O) groups is 2. The average Bonchev–Trinajstić information content (AvgIpc) is 3.04. The number of alkyl carbamates (subject to hydrolysis) is 1. The second-order valence-corrected chi connectivity index (χ2v) is 6.79. The Hall–Kier alpha value is -2.76. The second kappa shape index (κ2) is 7.88. The van der Waals surface area contributed by atoms with Crippen LogP contribution in [0.25, 0.3) is 0 Å². The van der Waals surface area contributed by atoms with Crippen molar-refractivity contribution in [1.29, 1.82) is 0 Å². The highest BCUT2D eigenvalue weighted by atomic mass is 16.6. The number of rotatable bonds is 5. The SMILES string of the molecule is CN(Cc1ccco1)C(=O)c1ccc(CNC(=O)OC(C)(C)C)cc1. The Morgan fingerprint density at radius 3 is 2.40 bits per heavy atom. The molecule has 1 heterocycles. The highest BCUT2D eigenvalue weighted by molar-refractivity contribution is 5.94. The van der Waals surface area contributed by atoms with Crippen LogP contribution < -0.4 is 5.32 Å². The number of benzene rings is 1. The molecule has 0 fully saturated rings. The van der Waals surface area contributed by atoms with Crippen LogP contribution in [-0.2, 0) is 17.8 Å². The maximum atomic E-state index is 12.4. The topological polar surface area (TPSA) is 71.8 Å². The molecule has 0 bridgehead atoms. The minimum Gasteiger partial charge on any atom is -0.467 e. The third-order valence-electron chi connectivity index (χ3n) is 3.36. The predicted octanol–water partition coefficient (Wildman–Crippen LogP) is 3.58. The number of hydrogen-bond acceptors (Lipinski definition) is 4. The molecule has 6 heteroatoms. The van der Waals surface area contributed by atoms with E-state index in [2.05, 4.69) is 5.32 Å². The first kappa shape index (κ1) is 18.6. The molecule has 2 rings (SSSR count).